The molecular weight excluding hydrogens is 422 g/mol. The van der Waals surface area contributed by atoms with Crippen molar-refractivity contribution in [2.45, 2.75) is 25.9 Å². The fourth-order valence-corrected chi connectivity index (χ4v) is 4.97. The van der Waals surface area contributed by atoms with Gasteiger partial charge in [-0.05, 0) is 42.8 Å². The zero-order valence-electron chi connectivity index (χ0n) is 18.7. The van der Waals surface area contributed by atoms with Crippen LogP contribution >= 0.6 is 0 Å². The van der Waals surface area contributed by atoms with E-state index >= 15 is 0 Å². The molecule has 0 radical (unpaired) electrons. The van der Waals surface area contributed by atoms with Gasteiger partial charge in [0.05, 0.1) is 6.26 Å². The number of piperidine rings is 1. The highest BCUT2D eigenvalue weighted by Crippen LogP contribution is 2.27. The molecule has 3 aromatic heterocycles. The summed E-state index contributed by atoms with van der Waals surface area (Å²) in [4.78, 5) is 24.9. The Hall–Kier alpha value is -3.57. The number of rotatable bonds is 4. The summed E-state index contributed by atoms with van der Waals surface area (Å²) in [7, 11) is 1.74. The van der Waals surface area contributed by atoms with Crippen molar-refractivity contribution in [3.05, 3.63) is 63.8 Å². The highest BCUT2D eigenvalue weighted by atomic mass is 16.3. The van der Waals surface area contributed by atoms with Crippen LogP contribution in [-0.4, -0.2) is 61.7 Å². The monoisotopic (exact) mass is 449 g/mol. The van der Waals surface area contributed by atoms with E-state index in [-0.39, 0.29) is 12.4 Å². The number of dihydropyridines is 1. The van der Waals surface area contributed by atoms with Gasteiger partial charge < -0.3 is 9.73 Å². The van der Waals surface area contributed by atoms with Crippen LogP contribution < -0.4 is 21.9 Å². The summed E-state index contributed by atoms with van der Waals surface area (Å²) >= 11 is 0. The fourth-order valence-electron chi connectivity index (χ4n) is 4.97. The van der Waals surface area contributed by atoms with Gasteiger partial charge in [-0.3, -0.25) is 19.5 Å². The average Bonchev–Trinajstić information content (AvgIpc) is 3.52. The number of hydrogen-bond acceptors (Lipinski definition) is 8. The SMILES string of the molecule is CC1=CNC2CCN(CCn3c(=O)n(C)n4c5c(nc34)N(N)CN=C5c3ccco3)CC2=C1. The molecule has 172 valence electrons. The number of fused-ring (bicyclic) bond motifs is 4. The molecule has 0 spiro atoms. The van der Waals surface area contributed by atoms with Gasteiger partial charge in [0.25, 0.3) is 0 Å². The minimum atomic E-state index is -0.125. The van der Waals surface area contributed by atoms with Crippen LogP contribution in [0.1, 0.15) is 24.8 Å². The minimum Gasteiger partial charge on any atom is -0.463 e. The predicted octanol–water partition coefficient (Wildman–Crippen LogP) is 0.424. The Kier molecular flexibility index (Phi) is 4.56. The third-order valence-corrected chi connectivity index (χ3v) is 6.65. The molecule has 1 atom stereocenters. The predicted molar refractivity (Wildman–Crippen MR) is 124 cm³/mol. The smallest absolute Gasteiger partial charge is 0.345 e. The van der Waals surface area contributed by atoms with Gasteiger partial charge in [-0.25, -0.2) is 19.8 Å². The molecule has 3 aromatic rings. The summed E-state index contributed by atoms with van der Waals surface area (Å²) in [6.07, 6.45) is 7.02. The maximum atomic E-state index is 13.2. The lowest BCUT2D eigenvalue weighted by atomic mass is 9.94. The normalized spacial score (nSPS) is 20.8. The molecule has 11 nitrogen and oxygen atoms in total. The number of nitrogens with one attached hydrogen (secondary N) is 1. The summed E-state index contributed by atoms with van der Waals surface area (Å²) in [6.45, 7) is 5.56. The number of hydrogen-bond donors (Lipinski definition) is 2. The number of nitrogens with two attached hydrogens (primary N) is 1. The molecule has 3 N–H and O–H groups in total. The molecule has 3 aliphatic rings. The molecule has 6 heterocycles. The van der Waals surface area contributed by atoms with Crippen LogP contribution in [0.15, 0.2) is 56.0 Å². The van der Waals surface area contributed by atoms with Gasteiger partial charge >= 0.3 is 5.69 Å². The molecule has 0 aliphatic carbocycles. The molecule has 0 saturated carbocycles. The standard InChI is InChI=1S/C22H27N9O2/c1-14-10-15-12-28(6-5-16(15)24-11-14)7-8-29-21-26-20-19(31(21)27(2)22(29)32)18(25-13-30(20)23)17-4-3-9-33-17/h3-4,9-11,16,24H,5-8,12-13,23H2,1-2H3. The van der Waals surface area contributed by atoms with E-state index in [4.69, 9.17) is 15.2 Å². The van der Waals surface area contributed by atoms with Gasteiger partial charge in [-0.2, -0.15) is 4.98 Å². The van der Waals surface area contributed by atoms with E-state index in [0.29, 0.717) is 41.3 Å². The lowest BCUT2D eigenvalue weighted by Crippen LogP contribution is -2.45. The summed E-state index contributed by atoms with van der Waals surface area (Å²) in [6, 6.07) is 4.08. The summed E-state index contributed by atoms with van der Waals surface area (Å²) < 4.78 is 10.7. The number of likely N-dealkylation sites (tertiary alicyclic amines) is 1. The number of aliphatic imine (C=N–C) groups is 1. The van der Waals surface area contributed by atoms with Crippen molar-refractivity contribution >= 4 is 17.3 Å². The van der Waals surface area contributed by atoms with Gasteiger partial charge in [-0.15, -0.1) is 0 Å². The van der Waals surface area contributed by atoms with Gasteiger partial charge in [0.1, 0.15) is 18.1 Å². The molecule has 0 bridgehead atoms. The summed E-state index contributed by atoms with van der Waals surface area (Å²) in [5.41, 5.74) is 3.82. The number of allylic oxidation sites excluding steroid dienone is 2. The molecule has 11 heteroatoms. The van der Waals surface area contributed by atoms with E-state index in [0.717, 1.165) is 26.1 Å². The molecule has 0 aromatic carbocycles. The lowest BCUT2D eigenvalue weighted by molar-refractivity contribution is 0.237. The Morgan fingerprint density at radius 2 is 2.21 bits per heavy atom. The minimum absolute atomic E-state index is 0.125. The van der Waals surface area contributed by atoms with Gasteiger partial charge in [0.2, 0.25) is 5.78 Å². The summed E-state index contributed by atoms with van der Waals surface area (Å²) in [5, 5.41) is 4.98. The zero-order chi connectivity index (χ0) is 22.7. The first kappa shape index (κ1) is 20.1. The van der Waals surface area contributed by atoms with E-state index in [9.17, 15) is 4.79 Å². The van der Waals surface area contributed by atoms with Crippen molar-refractivity contribution in [1.29, 1.82) is 0 Å². The second kappa shape index (κ2) is 7.49. The van der Waals surface area contributed by atoms with E-state index in [2.05, 4.69) is 34.4 Å². The highest BCUT2D eigenvalue weighted by molar-refractivity contribution is 6.14. The Bertz CT molecular complexity index is 1370. The molecule has 3 aliphatic heterocycles. The number of nitrogens with zero attached hydrogens (tertiary/aromatic N) is 7. The molecule has 0 amide bonds. The second-order valence-electron chi connectivity index (χ2n) is 8.84. The van der Waals surface area contributed by atoms with E-state index in [1.165, 1.54) is 16.2 Å². The number of furan rings is 1. The quantitative estimate of drug-likeness (QED) is 0.555. The first-order valence-electron chi connectivity index (χ1n) is 11.2. The number of anilines is 1. The maximum Gasteiger partial charge on any atom is 0.345 e. The number of aromatic nitrogens is 4. The van der Waals surface area contributed by atoms with Crippen LogP contribution in [0.3, 0.4) is 0 Å². The third-order valence-electron chi connectivity index (χ3n) is 6.65. The zero-order valence-corrected chi connectivity index (χ0v) is 18.7. The molecular formula is C22H27N9O2. The van der Waals surface area contributed by atoms with Crippen LogP contribution in [-0.2, 0) is 13.6 Å². The third kappa shape index (κ3) is 3.15. The Morgan fingerprint density at radius 1 is 1.33 bits per heavy atom. The highest BCUT2D eigenvalue weighted by Gasteiger charge is 2.31. The first-order valence-corrected chi connectivity index (χ1v) is 11.2. The maximum absolute atomic E-state index is 13.2. The average molecular weight is 450 g/mol. The summed E-state index contributed by atoms with van der Waals surface area (Å²) in [5.74, 6) is 7.94. The molecule has 1 unspecified atom stereocenters. The van der Waals surface area contributed by atoms with Crippen molar-refractivity contribution in [2.24, 2.45) is 17.9 Å². The molecule has 1 saturated heterocycles. The van der Waals surface area contributed by atoms with Crippen LogP contribution in [0, 0.1) is 0 Å². The van der Waals surface area contributed by atoms with Gasteiger partial charge in [0.15, 0.2) is 11.6 Å². The fraction of sp³-hybridized carbons (Fsp3) is 0.409. The van der Waals surface area contributed by atoms with E-state index < -0.39 is 0 Å². The Labute approximate surface area is 190 Å². The molecule has 33 heavy (non-hydrogen) atoms. The van der Waals surface area contributed by atoms with Crippen molar-refractivity contribution < 1.29 is 4.42 Å². The molecule has 6 rings (SSSR count). The number of imidazole rings is 1. The largest absolute Gasteiger partial charge is 0.463 e. The van der Waals surface area contributed by atoms with Gasteiger partial charge in [0, 0.05) is 39.3 Å². The topological polar surface area (TPSA) is 114 Å². The van der Waals surface area contributed by atoms with Crippen molar-refractivity contribution in [1.82, 2.24) is 29.0 Å². The van der Waals surface area contributed by atoms with Gasteiger partial charge in [-0.1, -0.05) is 6.08 Å². The van der Waals surface area contributed by atoms with Crippen LogP contribution in [0.2, 0.25) is 0 Å². The van der Waals surface area contributed by atoms with Crippen molar-refractivity contribution in [3.8, 4) is 0 Å². The van der Waals surface area contributed by atoms with Crippen LogP contribution in [0.4, 0.5) is 5.82 Å². The van der Waals surface area contributed by atoms with Crippen LogP contribution in [0.25, 0.3) is 5.78 Å². The second-order valence-corrected chi connectivity index (χ2v) is 8.84. The lowest BCUT2D eigenvalue weighted by Gasteiger charge is -2.36. The number of aryl methyl sites for hydroxylation is 1. The van der Waals surface area contributed by atoms with E-state index in [1.54, 1.807) is 27.1 Å². The van der Waals surface area contributed by atoms with Crippen molar-refractivity contribution in [3.63, 3.8) is 0 Å². The Balaban J connectivity index is 1.33. The van der Waals surface area contributed by atoms with E-state index in [1.807, 2.05) is 12.1 Å². The van der Waals surface area contributed by atoms with Crippen molar-refractivity contribution in [2.75, 3.05) is 31.3 Å². The Morgan fingerprint density at radius 3 is 3.03 bits per heavy atom. The molecule has 1 fully saturated rings. The van der Waals surface area contributed by atoms with Crippen LogP contribution in [0.5, 0.6) is 0 Å². The number of hydrazine groups is 1. The first-order chi connectivity index (χ1) is 16.0.